The van der Waals surface area contributed by atoms with Crippen molar-refractivity contribution in [2.45, 2.75) is 118 Å². The summed E-state index contributed by atoms with van der Waals surface area (Å²) in [6, 6.07) is 0. The molecule has 3 heteroatoms. The first-order valence-electron chi connectivity index (χ1n) is 13.8. The standard InChI is InChI=1S/C29H48O3/c1-18(2)8-7-9-19(3)23-10-11-24-22-17-27(31)26-16-21(32-20(4)30)12-14-29(26,6)25(22)13-15-28(23,24)5/h18-19,21-26H,7-17H2,1-6H3/t19-,21?,22?,23?,24?,25?,26-,28?,29?/m1/s1. The van der Waals surface area contributed by atoms with Gasteiger partial charge in [-0.15, -0.1) is 0 Å². The van der Waals surface area contributed by atoms with Gasteiger partial charge in [0.05, 0.1) is 0 Å². The molecule has 0 bridgehead atoms. The summed E-state index contributed by atoms with van der Waals surface area (Å²) in [4.78, 5) is 25.0. The summed E-state index contributed by atoms with van der Waals surface area (Å²) in [6.45, 7) is 13.7. The van der Waals surface area contributed by atoms with Crippen LogP contribution in [0.1, 0.15) is 112 Å². The van der Waals surface area contributed by atoms with E-state index in [0.29, 0.717) is 23.0 Å². The third kappa shape index (κ3) is 4.20. The average Bonchev–Trinajstić information content (AvgIpc) is 3.06. The summed E-state index contributed by atoms with van der Waals surface area (Å²) in [5.41, 5.74) is 0.537. The third-order valence-corrected chi connectivity index (χ3v) is 10.9. The molecule has 0 aromatic rings. The highest BCUT2D eigenvalue weighted by Crippen LogP contribution is 2.68. The van der Waals surface area contributed by atoms with E-state index < -0.39 is 0 Å². The molecule has 0 aromatic heterocycles. The number of ketones is 1. The molecule has 0 aliphatic heterocycles. The molecule has 9 atom stereocenters. The maximum Gasteiger partial charge on any atom is 0.302 e. The van der Waals surface area contributed by atoms with E-state index in [1.165, 1.54) is 51.9 Å². The highest BCUT2D eigenvalue weighted by atomic mass is 16.5. The summed E-state index contributed by atoms with van der Waals surface area (Å²) < 4.78 is 5.55. The fraction of sp³-hybridized carbons (Fsp3) is 0.931. The first-order chi connectivity index (χ1) is 15.1. The predicted molar refractivity (Wildman–Crippen MR) is 129 cm³/mol. The smallest absolute Gasteiger partial charge is 0.302 e. The van der Waals surface area contributed by atoms with Crippen molar-refractivity contribution in [1.82, 2.24) is 0 Å². The lowest BCUT2D eigenvalue weighted by atomic mass is 9.44. The van der Waals surface area contributed by atoms with Crippen LogP contribution in [-0.4, -0.2) is 17.9 Å². The lowest BCUT2D eigenvalue weighted by Gasteiger charge is -2.60. The van der Waals surface area contributed by atoms with Gasteiger partial charge in [-0.1, -0.05) is 53.9 Å². The second-order valence-electron chi connectivity index (χ2n) is 13.1. The Bertz CT molecular complexity index is 713. The summed E-state index contributed by atoms with van der Waals surface area (Å²) >= 11 is 0. The monoisotopic (exact) mass is 444 g/mol. The van der Waals surface area contributed by atoms with Crippen molar-refractivity contribution < 1.29 is 14.3 Å². The summed E-state index contributed by atoms with van der Waals surface area (Å²) in [5, 5.41) is 0. The van der Waals surface area contributed by atoms with Crippen molar-refractivity contribution in [2.75, 3.05) is 0 Å². The molecule has 4 fully saturated rings. The van der Waals surface area contributed by atoms with Crippen LogP contribution in [0.5, 0.6) is 0 Å². The molecule has 0 N–H and O–H groups in total. The maximum absolute atomic E-state index is 13.5. The lowest BCUT2D eigenvalue weighted by Crippen LogP contribution is -2.57. The molecule has 4 rings (SSSR count). The lowest BCUT2D eigenvalue weighted by molar-refractivity contribution is -0.169. The number of fused-ring (bicyclic) bond motifs is 5. The van der Waals surface area contributed by atoms with E-state index in [-0.39, 0.29) is 23.4 Å². The molecule has 32 heavy (non-hydrogen) atoms. The number of hydrogen-bond acceptors (Lipinski definition) is 3. The van der Waals surface area contributed by atoms with Crippen LogP contribution in [0.4, 0.5) is 0 Å². The van der Waals surface area contributed by atoms with Crippen LogP contribution in [-0.2, 0) is 14.3 Å². The molecular weight excluding hydrogens is 396 g/mol. The van der Waals surface area contributed by atoms with Gasteiger partial charge in [0.25, 0.3) is 0 Å². The molecule has 182 valence electrons. The van der Waals surface area contributed by atoms with Crippen LogP contribution >= 0.6 is 0 Å². The van der Waals surface area contributed by atoms with Gasteiger partial charge >= 0.3 is 5.97 Å². The number of ether oxygens (including phenoxy) is 1. The van der Waals surface area contributed by atoms with Gasteiger partial charge in [0.2, 0.25) is 0 Å². The number of carbonyl (C=O) groups excluding carboxylic acids is 2. The van der Waals surface area contributed by atoms with Crippen molar-refractivity contribution in [3.05, 3.63) is 0 Å². The number of hydrogen-bond donors (Lipinski definition) is 0. The molecule has 0 amide bonds. The highest BCUT2D eigenvalue weighted by molar-refractivity contribution is 5.83. The van der Waals surface area contributed by atoms with Crippen molar-refractivity contribution >= 4 is 11.8 Å². The fourth-order valence-electron chi connectivity index (χ4n) is 9.37. The summed E-state index contributed by atoms with van der Waals surface area (Å²) in [7, 11) is 0. The molecule has 4 aliphatic rings. The van der Waals surface area contributed by atoms with Gasteiger partial charge in [0.1, 0.15) is 11.9 Å². The third-order valence-electron chi connectivity index (χ3n) is 10.9. The van der Waals surface area contributed by atoms with Crippen LogP contribution in [0, 0.1) is 52.3 Å². The Morgan fingerprint density at radius 1 is 1.00 bits per heavy atom. The van der Waals surface area contributed by atoms with Gasteiger partial charge in [-0.25, -0.2) is 0 Å². The van der Waals surface area contributed by atoms with Gasteiger partial charge in [-0.3, -0.25) is 9.59 Å². The first-order valence-corrected chi connectivity index (χ1v) is 13.8. The van der Waals surface area contributed by atoms with E-state index in [1.807, 2.05) is 0 Å². The Hall–Kier alpha value is -0.860. The van der Waals surface area contributed by atoms with Gasteiger partial charge < -0.3 is 4.74 Å². The molecule has 0 heterocycles. The van der Waals surface area contributed by atoms with E-state index in [0.717, 1.165) is 49.4 Å². The van der Waals surface area contributed by atoms with Crippen molar-refractivity contribution in [1.29, 1.82) is 0 Å². The quantitative estimate of drug-likeness (QED) is 0.406. The molecule has 7 unspecified atom stereocenters. The van der Waals surface area contributed by atoms with Gasteiger partial charge in [-0.05, 0) is 91.3 Å². The van der Waals surface area contributed by atoms with Crippen molar-refractivity contribution in [3.63, 3.8) is 0 Å². The van der Waals surface area contributed by atoms with E-state index in [9.17, 15) is 9.59 Å². The number of Topliss-reactive ketones (excluding diaryl/α,β-unsaturated/α-hetero) is 1. The Balaban J connectivity index is 1.48. The number of esters is 1. The second-order valence-corrected chi connectivity index (χ2v) is 13.1. The predicted octanol–water partition coefficient (Wildman–Crippen LogP) is 7.22. The molecule has 0 saturated heterocycles. The van der Waals surface area contributed by atoms with Gasteiger partial charge in [0, 0.05) is 19.3 Å². The normalized spacial score (nSPS) is 44.5. The Morgan fingerprint density at radius 2 is 1.69 bits per heavy atom. The molecule has 0 radical (unpaired) electrons. The maximum atomic E-state index is 13.5. The first kappa shape index (κ1) is 24.3. The number of carbonyl (C=O) groups is 2. The van der Waals surface area contributed by atoms with E-state index >= 15 is 0 Å². The highest BCUT2D eigenvalue weighted by Gasteiger charge is 2.62. The summed E-state index contributed by atoms with van der Waals surface area (Å²) in [5.74, 6) is 4.81. The minimum absolute atomic E-state index is 0.0533. The Kier molecular flexibility index (Phi) is 6.87. The van der Waals surface area contributed by atoms with Gasteiger partial charge in [-0.2, -0.15) is 0 Å². The summed E-state index contributed by atoms with van der Waals surface area (Å²) in [6.07, 6.45) is 12.9. The molecule has 4 saturated carbocycles. The zero-order valence-electron chi connectivity index (χ0n) is 21.6. The molecule has 0 spiro atoms. The van der Waals surface area contributed by atoms with Crippen molar-refractivity contribution in [2.24, 2.45) is 52.3 Å². The SMILES string of the molecule is CC(=O)OC1CCC2(C)C3CCC4(C)C(CCC4[C@H](C)CCCC(C)C)C3CC(=O)[C@H]2C1. The zero-order chi connectivity index (χ0) is 23.3. The van der Waals surface area contributed by atoms with Crippen LogP contribution in [0.25, 0.3) is 0 Å². The topological polar surface area (TPSA) is 43.4 Å². The number of rotatable bonds is 6. The minimum Gasteiger partial charge on any atom is -0.463 e. The fourth-order valence-corrected chi connectivity index (χ4v) is 9.37. The molecular formula is C29H48O3. The van der Waals surface area contributed by atoms with Crippen LogP contribution in [0.15, 0.2) is 0 Å². The van der Waals surface area contributed by atoms with Crippen LogP contribution in [0.2, 0.25) is 0 Å². The van der Waals surface area contributed by atoms with E-state index in [2.05, 4.69) is 34.6 Å². The minimum atomic E-state index is -0.201. The van der Waals surface area contributed by atoms with E-state index in [4.69, 9.17) is 4.74 Å². The Morgan fingerprint density at radius 3 is 2.38 bits per heavy atom. The Labute approximate surface area is 196 Å². The molecule has 3 nitrogen and oxygen atoms in total. The zero-order valence-corrected chi connectivity index (χ0v) is 21.6. The van der Waals surface area contributed by atoms with Crippen molar-refractivity contribution in [3.8, 4) is 0 Å². The molecule has 4 aliphatic carbocycles. The largest absolute Gasteiger partial charge is 0.463 e. The van der Waals surface area contributed by atoms with Gasteiger partial charge in [0.15, 0.2) is 0 Å². The average molecular weight is 445 g/mol. The molecule has 0 aromatic carbocycles. The van der Waals surface area contributed by atoms with Crippen LogP contribution in [0.3, 0.4) is 0 Å². The van der Waals surface area contributed by atoms with E-state index in [1.54, 1.807) is 0 Å². The van der Waals surface area contributed by atoms with Crippen LogP contribution < -0.4 is 0 Å². The second kappa shape index (κ2) is 9.06.